The molecular weight excluding hydrogens is 362 g/mol. The molecule has 0 fully saturated rings. The van der Waals surface area contributed by atoms with E-state index in [2.05, 4.69) is 20.6 Å². The molecule has 0 spiro atoms. The van der Waals surface area contributed by atoms with E-state index in [9.17, 15) is 13.6 Å². The molecule has 1 amide bonds. The van der Waals surface area contributed by atoms with Crippen molar-refractivity contribution in [2.45, 2.75) is 6.92 Å². The zero-order valence-electron chi connectivity index (χ0n) is 13.6. The van der Waals surface area contributed by atoms with Crippen molar-refractivity contribution in [1.82, 2.24) is 9.97 Å². The third-order valence-electron chi connectivity index (χ3n) is 3.63. The standard InChI is InChI=1S/C18H13ClF2N4O/c1-10-11(19)4-2-7-14(10)24-16-8-15(22-9-23-16)18(26)25-17-12(20)5-3-6-13(17)21/h2-9H,1H3,(H,25,26)(H,22,23,24). The molecule has 132 valence electrons. The van der Waals surface area contributed by atoms with Crippen molar-refractivity contribution in [2.75, 3.05) is 10.6 Å². The van der Waals surface area contributed by atoms with E-state index >= 15 is 0 Å². The number of nitrogens with one attached hydrogen (secondary N) is 2. The maximum absolute atomic E-state index is 13.7. The second-order valence-corrected chi connectivity index (χ2v) is 5.78. The summed E-state index contributed by atoms with van der Waals surface area (Å²) in [6.07, 6.45) is 1.18. The Bertz CT molecular complexity index is 961. The van der Waals surface area contributed by atoms with Gasteiger partial charge in [0.15, 0.2) is 0 Å². The van der Waals surface area contributed by atoms with Crippen molar-refractivity contribution < 1.29 is 13.6 Å². The van der Waals surface area contributed by atoms with Gasteiger partial charge < -0.3 is 10.6 Å². The van der Waals surface area contributed by atoms with Crippen LogP contribution in [0.25, 0.3) is 0 Å². The van der Waals surface area contributed by atoms with Crippen LogP contribution in [0.4, 0.5) is 26.0 Å². The number of hydrogen-bond donors (Lipinski definition) is 2. The van der Waals surface area contributed by atoms with Crippen LogP contribution in [-0.4, -0.2) is 15.9 Å². The summed E-state index contributed by atoms with van der Waals surface area (Å²) in [5.74, 6) is -2.17. The van der Waals surface area contributed by atoms with Crippen molar-refractivity contribution in [2.24, 2.45) is 0 Å². The summed E-state index contributed by atoms with van der Waals surface area (Å²) in [6.45, 7) is 1.83. The highest BCUT2D eigenvalue weighted by molar-refractivity contribution is 6.31. The number of para-hydroxylation sites is 1. The molecule has 0 aliphatic heterocycles. The van der Waals surface area contributed by atoms with Gasteiger partial charge in [0.25, 0.3) is 5.91 Å². The molecule has 3 rings (SSSR count). The molecule has 0 aliphatic rings. The van der Waals surface area contributed by atoms with E-state index in [1.165, 1.54) is 18.5 Å². The smallest absolute Gasteiger partial charge is 0.274 e. The summed E-state index contributed by atoms with van der Waals surface area (Å²) in [5, 5.41) is 5.79. The van der Waals surface area contributed by atoms with Gasteiger partial charge in [-0.05, 0) is 36.8 Å². The van der Waals surface area contributed by atoms with Gasteiger partial charge in [0, 0.05) is 16.8 Å². The van der Waals surface area contributed by atoms with Gasteiger partial charge in [0.05, 0.1) is 0 Å². The number of carbonyl (C=O) groups excluding carboxylic acids is 1. The van der Waals surface area contributed by atoms with Crippen molar-refractivity contribution >= 4 is 34.7 Å². The van der Waals surface area contributed by atoms with Crippen LogP contribution in [0.1, 0.15) is 16.1 Å². The van der Waals surface area contributed by atoms with Crippen molar-refractivity contribution in [1.29, 1.82) is 0 Å². The highest BCUT2D eigenvalue weighted by Crippen LogP contribution is 2.25. The molecule has 0 atom stereocenters. The highest BCUT2D eigenvalue weighted by Gasteiger charge is 2.15. The molecule has 0 aliphatic carbocycles. The van der Waals surface area contributed by atoms with Gasteiger partial charge in [-0.25, -0.2) is 18.7 Å². The van der Waals surface area contributed by atoms with Gasteiger partial charge in [-0.15, -0.1) is 0 Å². The van der Waals surface area contributed by atoms with Crippen LogP contribution in [0.15, 0.2) is 48.8 Å². The molecule has 26 heavy (non-hydrogen) atoms. The number of aromatic nitrogens is 2. The molecule has 8 heteroatoms. The molecule has 2 aromatic carbocycles. The molecule has 0 saturated carbocycles. The lowest BCUT2D eigenvalue weighted by Gasteiger charge is -2.11. The fourth-order valence-corrected chi connectivity index (χ4v) is 2.40. The van der Waals surface area contributed by atoms with E-state index in [0.29, 0.717) is 16.5 Å². The largest absolute Gasteiger partial charge is 0.340 e. The maximum atomic E-state index is 13.7. The first kappa shape index (κ1) is 17.8. The first-order chi connectivity index (χ1) is 12.5. The minimum absolute atomic E-state index is 0.0511. The normalized spacial score (nSPS) is 10.5. The van der Waals surface area contributed by atoms with Gasteiger partial charge >= 0.3 is 0 Å². The van der Waals surface area contributed by atoms with Crippen LogP contribution in [-0.2, 0) is 0 Å². The number of benzene rings is 2. The van der Waals surface area contributed by atoms with Crippen molar-refractivity contribution in [3.05, 3.63) is 76.7 Å². The fourth-order valence-electron chi connectivity index (χ4n) is 2.23. The molecule has 2 N–H and O–H groups in total. The quantitative estimate of drug-likeness (QED) is 0.694. The predicted molar refractivity (Wildman–Crippen MR) is 95.8 cm³/mol. The third kappa shape index (κ3) is 3.78. The molecule has 0 radical (unpaired) electrons. The molecule has 1 aromatic heterocycles. The van der Waals surface area contributed by atoms with Crippen LogP contribution in [0, 0.1) is 18.6 Å². The third-order valence-corrected chi connectivity index (χ3v) is 4.04. The molecular formula is C18H13ClF2N4O. The zero-order chi connectivity index (χ0) is 18.7. The Morgan fingerprint density at radius 2 is 1.77 bits per heavy atom. The monoisotopic (exact) mass is 374 g/mol. The van der Waals surface area contributed by atoms with Gasteiger partial charge in [-0.3, -0.25) is 4.79 Å². The van der Waals surface area contributed by atoms with Crippen LogP contribution in [0.5, 0.6) is 0 Å². The van der Waals surface area contributed by atoms with Crippen LogP contribution in [0.2, 0.25) is 5.02 Å². The van der Waals surface area contributed by atoms with E-state index in [-0.39, 0.29) is 5.69 Å². The number of amides is 1. The van der Waals surface area contributed by atoms with Crippen molar-refractivity contribution in [3.8, 4) is 0 Å². The minimum atomic E-state index is -0.875. The summed E-state index contributed by atoms with van der Waals surface area (Å²) >= 11 is 6.07. The minimum Gasteiger partial charge on any atom is -0.340 e. The number of carbonyl (C=O) groups is 1. The summed E-state index contributed by atoms with van der Waals surface area (Å²) in [7, 11) is 0. The van der Waals surface area contributed by atoms with E-state index in [1.807, 2.05) is 6.92 Å². The van der Waals surface area contributed by atoms with Gasteiger partial charge in [0.1, 0.15) is 35.2 Å². The average molecular weight is 375 g/mol. The Kier molecular flexibility index (Phi) is 5.09. The first-order valence-electron chi connectivity index (χ1n) is 7.55. The molecule has 0 saturated heterocycles. The fraction of sp³-hybridized carbons (Fsp3) is 0.0556. The summed E-state index contributed by atoms with van der Waals surface area (Å²) in [6, 6.07) is 10.0. The Labute approximate surface area is 153 Å². The SMILES string of the molecule is Cc1c(Cl)cccc1Nc1cc(C(=O)Nc2c(F)cccc2F)ncn1. The number of rotatable bonds is 4. The highest BCUT2D eigenvalue weighted by atomic mass is 35.5. The van der Waals surface area contributed by atoms with Gasteiger partial charge in [-0.2, -0.15) is 0 Å². The molecule has 3 aromatic rings. The first-order valence-corrected chi connectivity index (χ1v) is 7.93. The second kappa shape index (κ2) is 7.45. The van der Waals surface area contributed by atoms with E-state index in [1.54, 1.807) is 18.2 Å². The Balaban J connectivity index is 1.83. The van der Waals surface area contributed by atoms with E-state index < -0.39 is 23.2 Å². The van der Waals surface area contributed by atoms with Crippen LogP contribution < -0.4 is 10.6 Å². The number of hydrogen-bond acceptors (Lipinski definition) is 4. The maximum Gasteiger partial charge on any atom is 0.274 e. The van der Waals surface area contributed by atoms with Crippen LogP contribution >= 0.6 is 11.6 Å². The van der Waals surface area contributed by atoms with Crippen molar-refractivity contribution in [3.63, 3.8) is 0 Å². The number of halogens is 3. The lowest BCUT2D eigenvalue weighted by Crippen LogP contribution is -2.16. The lowest BCUT2D eigenvalue weighted by atomic mass is 10.2. The molecule has 1 heterocycles. The summed E-state index contributed by atoms with van der Waals surface area (Å²) in [5.41, 5.74) is 0.941. The average Bonchev–Trinajstić information content (AvgIpc) is 2.62. The Hall–Kier alpha value is -3.06. The molecule has 5 nitrogen and oxygen atoms in total. The summed E-state index contributed by atoms with van der Waals surface area (Å²) < 4.78 is 27.3. The topological polar surface area (TPSA) is 66.9 Å². The number of anilines is 3. The van der Waals surface area contributed by atoms with Crippen LogP contribution in [0.3, 0.4) is 0 Å². The second-order valence-electron chi connectivity index (χ2n) is 5.38. The van der Waals surface area contributed by atoms with E-state index in [0.717, 1.165) is 17.7 Å². The van der Waals surface area contributed by atoms with E-state index in [4.69, 9.17) is 11.6 Å². The zero-order valence-corrected chi connectivity index (χ0v) is 14.3. The Morgan fingerprint density at radius 3 is 2.50 bits per heavy atom. The summed E-state index contributed by atoms with van der Waals surface area (Å²) in [4.78, 5) is 20.1. The lowest BCUT2D eigenvalue weighted by molar-refractivity contribution is 0.102. The predicted octanol–water partition coefficient (Wildman–Crippen LogP) is 4.71. The number of nitrogens with zero attached hydrogens (tertiary/aromatic N) is 2. The molecule has 0 bridgehead atoms. The van der Waals surface area contributed by atoms with Gasteiger partial charge in [0.2, 0.25) is 0 Å². The Morgan fingerprint density at radius 1 is 1.08 bits per heavy atom. The van der Waals surface area contributed by atoms with Gasteiger partial charge in [-0.1, -0.05) is 23.7 Å². The molecule has 0 unspecified atom stereocenters.